The Morgan fingerprint density at radius 3 is 2.06 bits per heavy atom. The van der Waals surface area contributed by atoms with Crippen LogP contribution in [-0.4, -0.2) is 14.1 Å². The molecule has 90 valence electrons. The SMILES string of the molecule is CNC(NC)c1cc(C(C)(C)C)ccc1C. The van der Waals surface area contributed by atoms with Crippen molar-refractivity contribution in [2.45, 2.75) is 39.3 Å². The van der Waals surface area contributed by atoms with Crippen molar-refractivity contribution < 1.29 is 0 Å². The van der Waals surface area contributed by atoms with Crippen LogP contribution in [0.4, 0.5) is 0 Å². The van der Waals surface area contributed by atoms with Crippen molar-refractivity contribution in [1.29, 1.82) is 0 Å². The predicted octanol–water partition coefficient (Wildman–Crippen LogP) is 2.73. The van der Waals surface area contributed by atoms with Crippen LogP contribution in [0.15, 0.2) is 18.2 Å². The zero-order valence-electron chi connectivity index (χ0n) is 11.3. The van der Waals surface area contributed by atoms with Gasteiger partial charge < -0.3 is 10.6 Å². The molecule has 16 heavy (non-hydrogen) atoms. The van der Waals surface area contributed by atoms with E-state index in [0.29, 0.717) is 0 Å². The van der Waals surface area contributed by atoms with Crippen molar-refractivity contribution >= 4 is 0 Å². The molecule has 0 fully saturated rings. The normalized spacial score (nSPS) is 12.2. The monoisotopic (exact) mass is 220 g/mol. The van der Waals surface area contributed by atoms with E-state index in [9.17, 15) is 0 Å². The van der Waals surface area contributed by atoms with E-state index >= 15 is 0 Å². The smallest absolute Gasteiger partial charge is 0.0833 e. The number of hydrogen-bond donors (Lipinski definition) is 2. The van der Waals surface area contributed by atoms with E-state index < -0.39 is 0 Å². The molecule has 0 aliphatic heterocycles. The third-order valence-corrected chi connectivity index (χ3v) is 3.03. The highest BCUT2D eigenvalue weighted by atomic mass is 15.1. The van der Waals surface area contributed by atoms with E-state index in [2.05, 4.69) is 56.5 Å². The lowest BCUT2D eigenvalue weighted by Crippen LogP contribution is -2.29. The van der Waals surface area contributed by atoms with Gasteiger partial charge in [0.1, 0.15) is 0 Å². The van der Waals surface area contributed by atoms with E-state index in [1.165, 1.54) is 16.7 Å². The van der Waals surface area contributed by atoms with Gasteiger partial charge in [0.05, 0.1) is 6.17 Å². The molecule has 0 radical (unpaired) electrons. The van der Waals surface area contributed by atoms with Crippen LogP contribution >= 0.6 is 0 Å². The highest BCUT2D eigenvalue weighted by molar-refractivity contribution is 5.36. The molecular formula is C14H24N2. The number of nitrogens with one attached hydrogen (secondary N) is 2. The Hall–Kier alpha value is -0.860. The van der Waals surface area contributed by atoms with Crippen molar-refractivity contribution in [3.63, 3.8) is 0 Å². The van der Waals surface area contributed by atoms with Crippen LogP contribution in [0.1, 0.15) is 43.6 Å². The van der Waals surface area contributed by atoms with Crippen LogP contribution in [0.3, 0.4) is 0 Å². The van der Waals surface area contributed by atoms with Crippen molar-refractivity contribution in [2.75, 3.05) is 14.1 Å². The van der Waals surface area contributed by atoms with Crippen LogP contribution in [0.25, 0.3) is 0 Å². The fraction of sp³-hybridized carbons (Fsp3) is 0.571. The second-order valence-electron chi connectivity index (χ2n) is 5.33. The van der Waals surface area contributed by atoms with Crippen molar-refractivity contribution in [2.24, 2.45) is 0 Å². The largest absolute Gasteiger partial charge is 0.301 e. The van der Waals surface area contributed by atoms with Crippen molar-refractivity contribution in [1.82, 2.24) is 10.6 Å². The summed E-state index contributed by atoms with van der Waals surface area (Å²) in [5.41, 5.74) is 4.23. The lowest BCUT2D eigenvalue weighted by Gasteiger charge is -2.24. The van der Waals surface area contributed by atoms with Gasteiger partial charge >= 0.3 is 0 Å². The van der Waals surface area contributed by atoms with Crippen LogP contribution < -0.4 is 10.6 Å². The summed E-state index contributed by atoms with van der Waals surface area (Å²) in [4.78, 5) is 0. The van der Waals surface area contributed by atoms with Crippen molar-refractivity contribution in [3.05, 3.63) is 34.9 Å². The fourth-order valence-corrected chi connectivity index (χ4v) is 1.87. The summed E-state index contributed by atoms with van der Waals surface area (Å²) in [7, 11) is 3.95. The molecule has 0 aromatic heterocycles. The lowest BCUT2D eigenvalue weighted by molar-refractivity contribution is 0.513. The number of hydrogen-bond acceptors (Lipinski definition) is 2. The molecule has 0 spiro atoms. The zero-order valence-corrected chi connectivity index (χ0v) is 11.3. The summed E-state index contributed by atoms with van der Waals surface area (Å²) >= 11 is 0. The second-order valence-corrected chi connectivity index (χ2v) is 5.33. The average molecular weight is 220 g/mol. The average Bonchev–Trinajstić information content (AvgIpc) is 2.20. The van der Waals surface area contributed by atoms with E-state index in [4.69, 9.17) is 0 Å². The minimum Gasteiger partial charge on any atom is -0.301 e. The quantitative estimate of drug-likeness (QED) is 0.765. The number of aryl methyl sites for hydroxylation is 1. The maximum Gasteiger partial charge on any atom is 0.0833 e. The molecule has 0 heterocycles. The molecule has 0 saturated heterocycles. The van der Waals surface area contributed by atoms with Gasteiger partial charge in [-0.1, -0.05) is 39.0 Å². The summed E-state index contributed by atoms with van der Waals surface area (Å²) < 4.78 is 0. The Bertz CT molecular complexity index is 346. The molecule has 0 atom stereocenters. The van der Waals surface area contributed by atoms with Crippen LogP contribution in [0.2, 0.25) is 0 Å². The summed E-state index contributed by atoms with van der Waals surface area (Å²) in [5, 5.41) is 6.55. The Labute approximate surface area is 99.5 Å². The molecule has 1 aromatic carbocycles. The van der Waals surface area contributed by atoms with Gasteiger partial charge in [0.15, 0.2) is 0 Å². The zero-order chi connectivity index (χ0) is 12.3. The molecular weight excluding hydrogens is 196 g/mol. The Morgan fingerprint density at radius 1 is 1.06 bits per heavy atom. The topological polar surface area (TPSA) is 24.1 Å². The second kappa shape index (κ2) is 4.98. The molecule has 0 amide bonds. The Morgan fingerprint density at radius 2 is 1.62 bits per heavy atom. The molecule has 0 unspecified atom stereocenters. The van der Waals surface area contributed by atoms with Gasteiger partial charge in [-0.2, -0.15) is 0 Å². The highest BCUT2D eigenvalue weighted by Gasteiger charge is 2.17. The molecule has 0 aliphatic carbocycles. The van der Waals surface area contributed by atoms with E-state index in [1.807, 2.05) is 14.1 Å². The highest BCUT2D eigenvalue weighted by Crippen LogP contribution is 2.26. The molecule has 0 bridgehead atoms. The van der Waals surface area contributed by atoms with Gasteiger partial charge in [-0.3, -0.25) is 0 Å². The van der Waals surface area contributed by atoms with Crippen molar-refractivity contribution in [3.8, 4) is 0 Å². The third-order valence-electron chi connectivity index (χ3n) is 3.03. The molecule has 2 N–H and O–H groups in total. The Kier molecular flexibility index (Phi) is 4.11. The molecule has 1 rings (SSSR count). The summed E-state index contributed by atoms with van der Waals surface area (Å²) in [6.45, 7) is 8.89. The van der Waals surface area contributed by atoms with Gasteiger partial charge in [0.25, 0.3) is 0 Å². The minimum absolute atomic E-state index is 0.203. The number of rotatable bonds is 3. The van der Waals surface area contributed by atoms with Gasteiger partial charge in [-0.25, -0.2) is 0 Å². The minimum atomic E-state index is 0.203. The molecule has 0 saturated carbocycles. The van der Waals surface area contributed by atoms with E-state index in [-0.39, 0.29) is 11.6 Å². The summed E-state index contributed by atoms with van der Waals surface area (Å²) in [5.74, 6) is 0. The third kappa shape index (κ3) is 2.83. The molecule has 1 aromatic rings. The first-order valence-electron chi connectivity index (χ1n) is 5.85. The summed E-state index contributed by atoms with van der Waals surface area (Å²) in [6.07, 6.45) is 0.224. The van der Waals surface area contributed by atoms with Crippen LogP contribution in [0.5, 0.6) is 0 Å². The lowest BCUT2D eigenvalue weighted by atomic mass is 9.85. The molecule has 2 nitrogen and oxygen atoms in total. The molecule has 2 heteroatoms. The van der Waals surface area contributed by atoms with E-state index in [0.717, 1.165) is 0 Å². The van der Waals surface area contributed by atoms with Crippen LogP contribution in [0, 0.1) is 6.92 Å². The molecule has 0 aliphatic rings. The van der Waals surface area contributed by atoms with Gasteiger partial charge in [0, 0.05) is 0 Å². The first kappa shape index (κ1) is 13.2. The summed E-state index contributed by atoms with van der Waals surface area (Å²) in [6, 6.07) is 6.73. The number of benzene rings is 1. The standard InChI is InChI=1S/C14H24N2/c1-10-7-8-11(14(2,3)4)9-12(10)13(15-5)16-6/h7-9,13,15-16H,1-6H3. The first-order chi connectivity index (χ1) is 7.40. The van der Waals surface area contributed by atoms with Gasteiger partial charge in [-0.05, 0) is 43.1 Å². The maximum absolute atomic E-state index is 3.28. The fourth-order valence-electron chi connectivity index (χ4n) is 1.87. The maximum atomic E-state index is 3.28. The first-order valence-corrected chi connectivity index (χ1v) is 5.85. The van der Waals surface area contributed by atoms with Gasteiger partial charge in [-0.15, -0.1) is 0 Å². The van der Waals surface area contributed by atoms with Crippen LogP contribution in [-0.2, 0) is 5.41 Å². The Balaban J connectivity index is 3.18. The van der Waals surface area contributed by atoms with Gasteiger partial charge in [0.2, 0.25) is 0 Å². The predicted molar refractivity (Wildman–Crippen MR) is 70.7 cm³/mol. The van der Waals surface area contributed by atoms with E-state index in [1.54, 1.807) is 0 Å².